The molecule has 0 radical (unpaired) electrons. The number of anilines is 2. The maximum atomic E-state index is 12.7. The molecule has 1 aliphatic rings. The molecule has 0 saturated heterocycles. The van der Waals surface area contributed by atoms with E-state index in [9.17, 15) is 10.1 Å². The first kappa shape index (κ1) is 17.8. The predicted octanol–water partition coefficient (Wildman–Crippen LogP) is 4.61. The van der Waals surface area contributed by atoms with Gasteiger partial charge in [-0.25, -0.2) is 0 Å². The van der Waals surface area contributed by atoms with Gasteiger partial charge in [-0.15, -0.1) is 0 Å². The lowest BCUT2D eigenvalue weighted by Crippen LogP contribution is -2.26. The molecule has 1 aliphatic heterocycles. The Morgan fingerprint density at radius 1 is 1.19 bits per heavy atom. The Kier molecular flexibility index (Phi) is 5.38. The van der Waals surface area contributed by atoms with Gasteiger partial charge in [0.25, 0.3) is 5.91 Å². The monoisotopic (exact) mass is 345 g/mol. The van der Waals surface area contributed by atoms with Gasteiger partial charge in [-0.3, -0.25) is 4.79 Å². The molecule has 132 valence electrons. The number of nitrogens with zero attached hydrogens (tertiary/aromatic N) is 2. The Balaban J connectivity index is 1.85. The molecule has 0 spiro atoms. The van der Waals surface area contributed by atoms with E-state index in [0.717, 1.165) is 36.3 Å². The average Bonchev–Trinajstić information content (AvgIpc) is 2.66. The maximum Gasteiger partial charge on any atom is 0.267 e. The van der Waals surface area contributed by atoms with Crippen LogP contribution >= 0.6 is 0 Å². The number of carbonyl (C=O) groups excluding carboxylic acids is 1. The number of hydrogen-bond acceptors (Lipinski definition) is 3. The van der Waals surface area contributed by atoms with Crippen LogP contribution in [-0.2, 0) is 11.2 Å². The van der Waals surface area contributed by atoms with Crippen molar-refractivity contribution >= 4 is 17.3 Å². The SMILES string of the molecule is CC(C)c1ccccc1NC(=O)/C(C#N)=C\N1CCCc2ccccc21. The molecule has 0 unspecified atom stereocenters. The van der Waals surface area contributed by atoms with E-state index in [-0.39, 0.29) is 17.4 Å². The van der Waals surface area contributed by atoms with Crippen LogP contribution in [0, 0.1) is 11.3 Å². The third-order valence-corrected chi connectivity index (χ3v) is 4.63. The van der Waals surface area contributed by atoms with Crippen LogP contribution in [0.5, 0.6) is 0 Å². The van der Waals surface area contributed by atoms with Crippen LogP contribution < -0.4 is 10.2 Å². The number of nitriles is 1. The van der Waals surface area contributed by atoms with E-state index in [4.69, 9.17) is 0 Å². The van der Waals surface area contributed by atoms with Crippen LogP contribution in [0.1, 0.15) is 37.3 Å². The van der Waals surface area contributed by atoms with Gasteiger partial charge < -0.3 is 10.2 Å². The number of nitrogens with one attached hydrogen (secondary N) is 1. The Morgan fingerprint density at radius 3 is 2.69 bits per heavy atom. The highest BCUT2D eigenvalue weighted by atomic mass is 16.1. The lowest BCUT2D eigenvalue weighted by atomic mass is 10.0. The van der Waals surface area contributed by atoms with Crippen LogP contribution in [-0.4, -0.2) is 12.5 Å². The van der Waals surface area contributed by atoms with Crippen molar-refractivity contribution in [3.8, 4) is 6.07 Å². The van der Waals surface area contributed by atoms with E-state index < -0.39 is 0 Å². The topological polar surface area (TPSA) is 56.1 Å². The van der Waals surface area contributed by atoms with E-state index in [1.807, 2.05) is 47.4 Å². The molecule has 0 saturated carbocycles. The molecule has 2 aromatic carbocycles. The van der Waals surface area contributed by atoms with E-state index in [2.05, 4.69) is 31.3 Å². The molecule has 0 atom stereocenters. The van der Waals surface area contributed by atoms with Crippen LogP contribution in [0.25, 0.3) is 0 Å². The lowest BCUT2D eigenvalue weighted by molar-refractivity contribution is -0.112. The first-order valence-electron chi connectivity index (χ1n) is 8.97. The standard InChI is InChI=1S/C22H23N3O/c1-16(2)19-10-4-5-11-20(19)24-22(26)18(14-23)15-25-13-7-9-17-8-3-6-12-21(17)25/h3-6,8,10-12,15-16H,7,9,13H2,1-2H3,(H,24,26)/b18-15-. The third kappa shape index (κ3) is 3.78. The smallest absolute Gasteiger partial charge is 0.267 e. The van der Waals surface area contributed by atoms with Crippen molar-refractivity contribution in [1.29, 1.82) is 5.26 Å². The summed E-state index contributed by atoms with van der Waals surface area (Å²) in [6.45, 7) is 4.96. The van der Waals surface area contributed by atoms with Crippen LogP contribution in [0.4, 0.5) is 11.4 Å². The molecule has 0 bridgehead atoms. The van der Waals surface area contributed by atoms with Crippen molar-refractivity contribution in [2.45, 2.75) is 32.6 Å². The van der Waals surface area contributed by atoms with Crippen LogP contribution in [0.15, 0.2) is 60.3 Å². The quantitative estimate of drug-likeness (QED) is 0.650. The van der Waals surface area contributed by atoms with Gasteiger partial charge in [0.15, 0.2) is 0 Å². The summed E-state index contributed by atoms with van der Waals surface area (Å²) in [5.41, 5.74) is 4.24. The Labute approximate surface area is 154 Å². The number of rotatable bonds is 4. The number of hydrogen-bond donors (Lipinski definition) is 1. The van der Waals surface area contributed by atoms with Crippen molar-refractivity contribution in [3.05, 3.63) is 71.4 Å². The fourth-order valence-corrected chi connectivity index (χ4v) is 3.29. The zero-order valence-electron chi connectivity index (χ0n) is 15.2. The summed E-state index contributed by atoms with van der Waals surface area (Å²) in [6.07, 6.45) is 3.70. The Hall–Kier alpha value is -3.06. The largest absolute Gasteiger partial charge is 0.346 e. The highest BCUT2D eigenvalue weighted by Gasteiger charge is 2.18. The number of benzene rings is 2. The first-order valence-corrected chi connectivity index (χ1v) is 8.97. The molecule has 4 nitrogen and oxygen atoms in total. The summed E-state index contributed by atoms with van der Waals surface area (Å²) in [6, 6.07) is 17.9. The van der Waals surface area contributed by atoms with Gasteiger partial charge in [-0.1, -0.05) is 50.2 Å². The normalized spacial score (nSPS) is 13.9. The van der Waals surface area contributed by atoms with Gasteiger partial charge in [-0.05, 0) is 42.0 Å². The second kappa shape index (κ2) is 7.88. The van der Waals surface area contributed by atoms with E-state index in [1.165, 1.54) is 5.56 Å². The Morgan fingerprint density at radius 2 is 1.92 bits per heavy atom. The van der Waals surface area contributed by atoms with Crippen LogP contribution in [0.2, 0.25) is 0 Å². The summed E-state index contributed by atoms with van der Waals surface area (Å²) in [7, 11) is 0. The average molecular weight is 345 g/mol. The van der Waals surface area contributed by atoms with Crippen molar-refractivity contribution in [3.63, 3.8) is 0 Å². The number of amides is 1. The summed E-state index contributed by atoms with van der Waals surface area (Å²) < 4.78 is 0. The van der Waals surface area contributed by atoms with Crippen molar-refractivity contribution in [2.24, 2.45) is 0 Å². The number of aryl methyl sites for hydroxylation is 1. The fourth-order valence-electron chi connectivity index (χ4n) is 3.29. The molecule has 4 heteroatoms. The number of carbonyl (C=O) groups is 1. The van der Waals surface area contributed by atoms with Crippen molar-refractivity contribution < 1.29 is 4.79 Å². The highest BCUT2D eigenvalue weighted by molar-refractivity contribution is 6.07. The molecule has 1 heterocycles. The van der Waals surface area contributed by atoms with Gasteiger partial charge in [-0.2, -0.15) is 5.26 Å². The summed E-state index contributed by atoms with van der Waals surface area (Å²) in [5, 5.41) is 12.4. The second-order valence-electron chi connectivity index (χ2n) is 6.78. The molecule has 0 aliphatic carbocycles. The zero-order chi connectivity index (χ0) is 18.5. The number of fused-ring (bicyclic) bond motifs is 1. The van der Waals surface area contributed by atoms with Gasteiger partial charge in [0.1, 0.15) is 11.6 Å². The predicted molar refractivity (Wildman–Crippen MR) is 105 cm³/mol. The minimum absolute atomic E-state index is 0.111. The third-order valence-electron chi connectivity index (χ3n) is 4.63. The fraction of sp³-hybridized carbons (Fsp3) is 0.273. The molecule has 3 rings (SSSR count). The summed E-state index contributed by atoms with van der Waals surface area (Å²) in [4.78, 5) is 14.7. The molecular formula is C22H23N3O. The second-order valence-corrected chi connectivity index (χ2v) is 6.78. The minimum atomic E-state index is -0.372. The number of para-hydroxylation sites is 2. The van der Waals surface area contributed by atoms with Crippen LogP contribution in [0.3, 0.4) is 0 Å². The lowest BCUT2D eigenvalue weighted by Gasteiger charge is -2.28. The zero-order valence-corrected chi connectivity index (χ0v) is 15.2. The van der Waals surface area contributed by atoms with E-state index in [0.29, 0.717) is 0 Å². The molecule has 1 amide bonds. The molecule has 0 fully saturated rings. The maximum absolute atomic E-state index is 12.7. The molecule has 0 aromatic heterocycles. The van der Waals surface area contributed by atoms with Gasteiger partial charge in [0.2, 0.25) is 0 Å². The highest BCUT2D eigenvalue weighted by Crippen LogP contribution is 2.28. The first-order chi connectivity index (χ1) is 12.6. The molecule has 26 heavy (non-hydrogen) atoms. The minimum Gasteiger partial charge on any atom is -0.346 e. The van der Waals surface area contributed by atoms with Crippen molar-refractivity contribution in [1.82, 2.24) is 0 Å². The molecule has 1 N–H and O–H groups in total. The summed E-state index contributed by atoms with van der Waals surface area (Å²) >= 11 is 0. The van der Waals surface area contributed by atoms with Gasteiger partial charge >= 0.3 is 0 Å². The van der Waals surface area contributed by atoms with E-state index >= 15 is 0 Å². The van der Waals surface area contributed by atoms with Crippen molar-refractivity contribution in [2.75, 3.05) is 16.8 Å². The Bertz CT molecular complexity index is 877. The van der Waals surface area contributed by atoms with Gasteiger partial charge in [0.05, 0.1) is 0 Å². The van der Waals surface area contributed by atoms with Gasteiger partial charge in [0, 0.05) is 24.1 Å². The molecular weight excluding hydrogens is 322 g/mol. The molecule has 2 aromatic rings. The summed E-state index contributed by atoms with van der Waals surface area (Å²) in [5.74, 6) is -0.0846. The van der Waals surface area contributed by atoms with E-state index in [1.54, 1.807) is 6.20 Å².